The first-order valence-corrected chi connectivity index (χ1v) is 8.18. The van der Waals surface area contributed by atoms with E-state index in [-0.39, 0.29) is 23.1 Å². The summed E-state index contributed by atoms with van der Waals surface area (Å²) in [6.45, 7) is 0.384. The van der Waals surface area contributed by atoms with E-state index >= 15 is 0 Å². The summed E-state index contributed by atoms with van der Waals surface area (Å²) < 4.78 is 1.56. The van der Waals surface area contributed by atoms with Crippen LogP contribution in [0.25, 0.3) is 0 Å². The molecule has 1 aromatic carbocycles. The van der Waals surface area contributed by atoms with Gasteiger partial charge in [0.2, 0.25) is 5.91 Å². The first kappa shape index (κ1) is 14.5. The molecule has 1 aliphatic carbocycles. The average Bonchev–Trinajstić information content (AvgIpc) is 3.24. The van der Waals surface area contributed by atoms with Gasteiger partial charge in [-0.3, -0.25) is 9.36 Å². The van der Waals surface area contributed by atoms with Crippen LogP contribution in [0.5, 0.6) is 0 Å². The van der Waals surface area contributed by atoms with Crippen molar-refractivity contribution in [1.29, 1.82) is 0 Å². The number of nitrogens with one attached hydrogen (secondary N) is 2. The normalized spacial score (nSPS) is 21.5. The zero-order chi connectivity index (χ0) is 16.0. The van der Waals surface area contributed by atoms with Crippen LogP contribution in [0.4, 0.5) is 0 Å². The lowest BCUT2D eigenvalue weighted by Crippen LogP contribution is -2.43. The topological polar surface area (TPSA) is 79.8 Å². The van der Waals surface area contributed by atoms with Crippen LogP contribution in [0.1, 0.15) is 30.7 Å². The van der Waals surface area contributed by atoms with E-state index in [1.165, 1.54) is 0 Å². The Morgan fingerprint density at radius 1 is 1.39 bits per heavy atom. The summed E-state index contributed by atoms with van der Waals surface area (Å²) in [5, 5.41) is 10.3. The number of fused-ring (bicyclic) bond motifs is 1. The number of aromatic nitrogens is 3. The standard InChI is InChI=1S/C16H17ClN4O2/c17-12-4-2-1-3-11(12)16(7-8-16)18-14(22)10-5-6-13-19-20-15(23)21(13)9-10/h1-4,10H,5-9H2,(H,18,22)(H,20,23). The molecule has 1 atom stereocenters. The Labute approximate surface area is 137 Å². The third-order valence-electron chi connectivity index (χ3n) is 4.83. The number of carbonyl (C=O) groups is 1. The van der Waals surface area contributed by atoms with E-state index in [2.05, 4.69) is 15.5 Å². The van der Waals surface area contributed by atoms with Crippen LogP contribution >= 0.6 is 11.6 Å². The Morgan fingerprint density at radius 2 is 2.17 bits per heavy atom. The second-order valence-electron chi connectivity index (χ2n) is 6.34. The van der Waals surface area contributed by atoms with Crippen LogP contribution in [-0.2, 0) is 23.3 Å². The molecule has 0 spiro atoms. The summed E-state index contributed by atoms with van der Waals surface area (Å²) >= 11 is 6.28. The van der Waals surface area contributed by atoms with Crippen molar-refractivity contribution in [1.82, 2.24) is 20.1 Å². The summed E-state index contributed by atoms with van der Waals surface area (Å²) in [4.78, 5) is 24.4. The van der Waals surface area contributed by atoms with Gasteiger partial charge in [0, 0.05) is 18.0 Å². The molecule has 2 heterocycles. The molecule has 1 unspecified atom stereocenters. The van der Waals surface area contributed by atoms with E-state index in [0.717, 1.165) is 24.2 Å². The predicted molar refractivity (Wildman–Crippen MR) is 85.2 cm³/mol. The third-order valence-corrected chi connectivity index (χ3v) is 5.16. The lowest BCUT2D eigenvalue weighted by atomic mass is 9.96. The van der Waals surface area contributed by atoms with Crippen molar-refractivity contribution in [2.75, 3.05) is 0 Å². The Morgan fingerprint density at radius 3 is 2.91 bits per heavy atom. The van der Waals surface area contributed by atoms with Crippen LogP contribution < -0.4 is 11.0 Å². The van der Waals surface area contributed by atoms with Gasteiger partial charge in [-0.1, -0.05) is 29.8 Å². The van der Waals surface area contributed by atoms with E-state index in [1.54, 1.807) is 4.57 Å². The minimum Gasteiger partial charge on any atom is -0.346 e. The number of amides is 1. The number of hydrogen-bond acceptors (Lipinski definition) is 3. The van der Waals surface area contributed by atoms with E-state index < -0.39 is 0 Å². The number of halogens is 1. The molecule has 120 valence electrons. The molecule has 2 aromatic rings. The molecule has 1 fully saturated rings. The molecule has 6 nitrogen and oxygen atoms in total. The highest BCUT2D eigenvalue weighted by molar-refractivity contribution is 6.31. The number of carbonyl (C=O) groups excluding carboxylic acids is 1. The SMILES string of the molecule is O=C(NC1(c2ccccc2Cl)CC1)C1CCc2n[nH]c(=O)n2C1. The molecule has 0 radical (unpaired) electrons. The van der Waals surface area contributed by atoms with E-state index in [4.69, 9.17) is 11.6 Å². The summed E-state index contributed by atoms with van der Waals surface area (Å²) in [7, 11) is 0. The molecule has 1 aliphatic heterocycles. The first-order chi connectivity index (χ1) is 11.1. The van der Waals surface area contributed by atoms with Gasteiger partial charge in [0.05, 0.1) is 11.5 Å². The zero-order valence-corrected chi connectivity index (χ0v) is 13.3. The van der Waals surface area contributed by atoms with Gasteiger partial charge >= 0.3 is 5.69 Å². The zero-order valence-electron chi connectivity index (χ0n) is 12.5. The molecule has 1 aromatic heterocycles. The number of rotatable bonds is 3. The van der Waals surface area contributed by atoms with Gasteiger partial charge < -0.3 is 5.32 Å². The highest BCUT2D eigenvalue weighted by Crippen LogP contribution is 2.48. The molecule has 2 N–H and O–H groups in total. The maximum atomic E-state index is 12.7. The minimum atomic E-state index is -0.336. The monoisotopic (exact) mass is 332 g/mol. The molecule has 0 bridgehead atoms. The summed E-state index contributed by atoms with van der Waals surface area (Å²) in [6.07, 6.45) is 3.13. The van der Waals surface area contributed by atoms with E-state index in [9.17, 15) is 9.59 Å². The molecule has 23 heavy (non-hydrogen) atoms. The molecular weight excluding hydrogens is 316 g/mol. The minimum absolute atomic E-state index is 0.0128. The van der Waals surface area contributed by atoms with Gasteiger partial charge in [0.25, 0.3) is 0 Å². The largest absolute Gasteiger partial charge is 0.346 e. The fourth-order valence-electron chi connectivity index (χ4n) is 3.33. The van der Waals surface area contributed by atoms with Gasteiger partial charge in [-0.15, -0.1) is 0 Å². The molecule has 4 rings (SSSR count). The van der Waals surface area contributed by atoms with Crippen LogP contribution in [0.3, 0.4) is 0 Å². The quantitative estimate of drug-likeness (QED) is 0.895. The van der Waals surface area contributed by atoms with Crippen molar-refractivity contribution in [3.8, 4) is 0 Å². The molecule has 1 amide bonds. The third kappa shape index (κ3) is 2.47. The second-order valence-corrected chi connectivity index (χ2v) is 6.75. The van der Waals surface area contributed by atoms with Crippen LogP contribution in [-0.4, -0.2) is 20.7 Å². The smallest absolute Gasteiger partial charge is 0.343 e. The Hall–Kier alpha value is -2.08. The van der Waals surface area contributed by atoms with Crippen molar-refractivity contribution >= 4 is 17.5 Å². The Balaban J connectivity index is 1.52. The number of hydrogen-bond donors (Lipinski definition) is 2. The fourth-order valence-corrected chi connectivity index (χ4v) is 3.65. The highest BCUT2D eigenvalue weighted by Gasteiger charge is 2.47. The predicted octanol–water partition coefficient (Wildman–Crippen LogP) is 1.59. The van der Waals surface area contributed by atoms with Crippen LogP contribution in [0.15, 0.2) is 29.1 Å². The maximum absolute atomic E-state index is 12.7. The fraction of sp³-hybridized carbons (Fsp3) is 0.438. The average molecular weight is 333 g/mol. The summed E-state index contributed by atoms with van der Waals surface area (Å²) in [6, 6.07) is 7.64. The van der Waals surface area contributed by atoms with Crippen LogP contribution in [0, 0.1) is 5.92 Å². The van der Waals surface area contributed by atoms with E-state index in [0.29, 0.717) is 24.4 Å². The molecule has 1 saturated carbocycles. The van der Waals surface area contributed by atoms with Gasteiger partial charge in [-0.05, 0) is 30.9 Å². The number of H-pyrrole nitrogens is 1. The molecule has 2 aliphatic rings. The molecular formula is C16H17ClN4O2. The first-order valence-electron chi connectivity index (χ1n) is 7.80. The number of aromatic amines is 1. The van der Waals surface area contributed by atoms with Crippen LogP contribution in [0.2, 0.25) is 5.02 Å². The number of nitrogens with zero attached hydrogens (tertiary/aromatic N) is 2. The lowest BCUT2D eigenvalue weighted by molar-refractivity contribution is -0.127. The second kappa shape index (κ2) is 5.23. The number of aryl methyl sites for hydroxylation is 1. The Bertz CT molecular complexity index is 821. The van der Waals surface area contributed by atoms with Gasteiger partial charge in [0.1, 0.15) is 5.82 Å². The summed E-state index contributed by atoms with van der Waals surface area (Å²) in [5.41, 5.74) is 0.397. The summed E-state index contributed by atoms with van der Waals surface area (Å²) in [5.74, 6) is 0.505. The van der Waals surface area contributed by atoms with E-state index in [1.807, 2.05) is 24.3 Å². The van der Waals surface area contributed by atoms with Crippen molar-refractivity contribution in [3.05, 3.63) is 51.2 Å². The van der Waals surface area contributed by atoms with Crippen molar-refractivity contribution < 1.29 is 4.79 Å². The molecule has 0 saturated heterocycles. The lowest BCUT2D eigenvalue weighted by Gasteiger charge is -2.26. The van der Waals surface area contributed by atoms with Crippen molar-refractivity contribution in [2.24, 2.45) is 5.92 Å². The maximum Gasteiger partial charge on any atom is 0.343 e. The van der Waals surface area contributed by atoms with Gasteiger partial charge in [0.15, 0.2) is 0 Å². The highest BCUT2D eigenvalue weighted by atomic mass is 35.5. The Kier molecular flexibility index (Phi) is 3.30. The van der Waals surface area contributed by atoms with Gasteiger partial charge in [-0.25, -0.2) is 9.89 Å². The van der Waals surface area contributed by atoms with Crippen molar-refractivity contribution in [3.63, 3.8) is 0 Å². The number of benzene rings is 1. The van der Waals surface area contributed by atoms with Crippen molar-refractivity contribution in [2.45, 2.75) is 37.8 Å². The molecule has 7 heteroatoms. The van der Waals surface area contributed by atoms with Gasteiger partial charge in [-0.2, -0.15) is 5.10 Å².